The lowest BCUT2D eigenvalue weighted by Crippen LogP contribution is -2.49. The molecule has 2 N–H and O–H groups in total. The molecule has 4 aliphatic heterocycles. The van der Waals surface area contributed by atoms with Crippen molar-refractivity contribution in [3.63, 3.8) is 0 Å². The molecule has 8 bridgehead atoms. The van der Waals surface area contributed by atoms with Gasteiger partial charge >= 0.3 is 0 Å². The molecule has 0 saturated carbocycles. The van der Waals surface area contributed by atoms with Crippen LogP contribution in [0.4, 0.5) is 0 Å². The van der Waals surface area contributed by atoms with Crippen molar-refractivity contribution >= 4 is 23.6 Å². The lowest BCUT2D eigenvalue weighted by molar-refractivity contribution is 0.0351. The van der Waals surface area contributed by atoms with Crippen molar-refractivity contribution in [3.05, 3.63) is 129 Å². The van der Waals surface area contributed by atoms with Gasteiger partial charge in [-0.25, -0.2) is 9.98 Å². The molecule has 50 heavy (non-hydrogen) atoms. The van der Waals surface area contributed by atoms with Gasteiger partial charge in [-0.05, 0) is 147 Å². The summed E-state index contributed by atoms with van der Waals surface area (Å²) >= 11 is 0. The maximum absolute atomic E-state index is 9.95. The van der Waals surface area contributed by atoms with Crippen molar-refractivity contribution in [1.82, 2.24) is 10.3 Å². The number of aliphatic imine (C=N–C) groups is 2. The van der Waals surface area contributed by atoms with Crippen molar-refractivity contribution < 1.29 is 10.8 Å². The molecule has 4 aliphatic rings. The second-order valence-corrected chi connectivity index (χ2v) is 14.3. The summed E-state index contributed by atoms with van der Waals surface area (Å²) in [4.78, 5) is 13.4. The zero-order valence-electron chi connectivity index (χ0n) is 32.3. The number of H-pyrrole nitrogens is 1. The van der Waals surface area contributed by atoms with E-state index in [1.807, 2.05) is 48.6 Å². The number of ether oxygens (including phenoxy) is 2. The van der Waals surface area contributed by atoms with Gasteiger partial charge in [0.15, 0.2) is 0 Å². The first-order valence-electron chi connectivity index (χ1n) is 18.6. The zero-order valence-corrected chi connectivity index (χ0v) is 31.3. The number of allylic oxidation sites excluding steroid dienone is 11. The van der Waals surface area contributed by atoms with Crippen LogP contribution in [0.25, 0.3) is 12.2 Å². The predicted molar refractivity (Wildman–Crippen MR) is 211 cm³/mol. The topological polar surface area (TPSA) is 71.0 Å². The Kier molecular flexibility index (Phi) is 12.2. The van der Waals surface area contributed by atoms with E-state index in [-0.39, 0.29) is 12.2 Å². The van der Waals surface area contributed by atoms with Crippen molar-refractivity contribution in [1.29, 1.82) is 0 Å². The van der Waals surface area contributed by atoms with Crippen molar-refractivity contribution in [2.75, 3.05) is 13.2 Å². The maximum Gasteiger partial charge on any atom is 0.0878 e. The van der Waals surface area contributed by atoms with Gasteiger partial charge in [-0.1, -0.05) is 46.6 Å². The number of rotatable bonds is 14. The Bertz CT molecular complexity index is 1930. The van der Waals surface area contributed by atoms with Crippen molar-refractivity contribution in [2.24, 2.45) is 9.98 Å². The van der Waals surface area contributed by atoms with E-state index in [0.29, 0.717) is 13.2 Å². The summed E-state index contributed by atoms with van der Waals surface area (Å²) in [5.41, 5.74) is 9.36. The lowest BCUT2D eigenvalue weighted by Gasteiger charge is -2.34. The summed E-state index contributed by atoms with van der Waals surface area (Å²) in [5, 5.41) is 5.74. The predicted octanol–water partition coefficient (Wildman–Crippen LogP) is 8.56. The fourth-order valence-corrected chi connectivity index (χ4v) is 6.24. The lowest BCUT2D eigenvalue weighted by atomic mass is 9.86. The van der Waals surface area contributed by atoms with E-state index in [9.17, 15) is 1.37 Å². The molecular formula is C44H56N4O2. The van der Waals surface area contributed by atoms with Gasteiger partial charge in [-0.15, -0.1) is 0 Å². The van der Waals surface area contributed by atoms with E-state index < -0.39 is 11.9 Å². The highest BCUT2D eigenvalue weighted by molar-refractivity contribution is 6.20. The summed E-state index contributed by atoms with van der Waals surface area (Å²) in [7, 11) is 0. The van der Waals surface area contributed by atoms with Crippen LogP contribution in [0, 0.1) is 0 Å². The smallest absolute Gasteiger partial charge is 0.0878 e. The molecule has 0 saturated heterocycles. The largest absolute Gasteiger partial charge is 0.373 e. The first-order valence-corrected chi connectivity index (χ1v) is 18.0. The molecule has 1 aromatic heterocycles. The Morgan fingerprint density at radius 2 is 1.34 bits per heavy atom. The van der Waals surface area contributed by atoms with Gasteiger partial charge in [0.05, 0.1) is 53.8 Å². The van der Waals surface area contributed by atoms with Crippen LogP contribution in [0.2, 0.25) is 0 Å². The minimum atomic E-state index is -0.921. The first-order chi connectivity index (χ1) is 24.4. The van der Waals surface area contributed by atoms with E-state index in [4.69, 9.17) is 19.5 Å². The molecule has 5 heterocycles. The third kappa shape index (κ3) is 10.4. The molecule has 0 aliphatic carbocycles. The van der Waals surface area contributed by atoms with E-state index in [1.165, 1.54) is 22.3 Å². The van der Waals surface area contributed by atoms with Crippen LogP contribution in [0.15, 0.2) is 128 Å². The molecule has 264 valence electrons. The Hall–Kier alpha value is -4.26. The minimum Gasteiger partial charge on any atom is -0.373 e. The second kappa shape index (κ2) is 17.1. The highest BCUT2D eigenvalue weighted by atomic mass is 16.5. The summed E-state index contributed by atoms with van der Waals surface area (Å²) in [5.74, 6) is 0. The van der Waals surface area contributed by atoms with Crippen LogP contribution < -0.4 is 16.0 Å². The average Bonchev–Trinajstić information content (AvgIpc) is 3.86. The zero-order chi connectivity index (χ0) is 36.5. The van der Waals surface area contributed by atoms with Crippen LogP contribution >= 0.6 is 0 Å². The average molecular weight is 674 g/mol. The molecule has 0 spiro atoms. The van der Waals surface area contributed by atoms with Gasteiger partial charge in [-0.3, -0.25) is 0 Å². The standard InChI is InChI=1S/C44H56N4O2/c1-30(2)11-9-13-32(5)21-23-49-34(7)42-29-44(35(8)50-24-22-33(6)14-10-12-31(3)4)28-41-20-19-39(47-41)26-37-16-15-36(45-37)25-38-17-18-40(46-38)27-43(42)48-44/h11-12,15-22,25-28,34-35,45,48H,9-10,13-14,23-24,29H2,1-8H3/b32-21+,33-22+,36-25-,37-26-,40-27-,41-28-/i29D. The van der Waals surface area contributed by atoms with Crippen LogP contribution in [0.1, 0.15) is 88.8 Å². The Morgan fingerprint density at radius 3 is 1.94 bits per heavy atom. The number of hydrogen-bond acceptors (Lipinski definition) is 5. The maximum atomic E-state index is 9.95. The fourth-order valence-electron chi connectivity index (χ4n) is 6.24. The molecule has 0 amide bonds. The molecular weight excluding hydrogens is 617 g/mol. The van der Waals surface area contributed by atoms with Gasteiger partial charge < -0.3 is 19.8 Å². The van der Waals surface area contributed by atoms with Crippen LogP contribution in [-0.2, 0) is 9.47 Å². The fraction of sp³-hybridized carbons (Fsp3) is 0.409. The first kappa shape index (κ1) is 35.6. The molecule has 6 nitrogen and oxygen atoms in total. The molecule has 1 aromatic rings. The van der Waals surface area contributed by atoms with Crippen LogP contribution in [0.3, 0.4) is 0 Å². The van der Waals surface area contributed by atoms with Crippen molar-refractivity contribution in [3.8, 4) is 0 Å². The van der Waals surface area contributed by atoms with Crippen LogP contribution in [-0.4, -0.2) is 47.4 Å². The number of aromatic nitrogens is 1. The molecule has 4 atom stereocenters. The summed E-state index contributed by atoms with van der Waals surface area (Å²) in [6, 6.07) is 4.10. The summed E-state index contributed by atoms with van der Waals surface area (Å²) < 4.78 is 23.0. The highest BCUT2D eigenvalue weighted by Crippen LogP contribution is 2.38. The third-order valence-corrected chi connectivity index (χ3v) is 9.29. The minimum absolute atomic E-state index is 0.329. The molecule has 0 aromatic carbocycles. The van der Waals surface area contributed by atoms with Gasteiger partial charge in [0, 0.05) is 24.2 Å². The third-order valence-electron chi connectivity index (χ3n) is 9.29. The normalized spacial score (nSPS) is 26.2. The quantitative estimate of drug-likeness (QED) is 0.195. The Labute approximate surface area is 301 Å². The Balaban J connectivity index is 1.51. The van der Waals surface area contributed by atoms with E-state index >= 15 is 0 Å². The molecule has 6 heteroatoms. The number of fused-ring (bicyclic) bond motifs is 6. The van der Waals surface area contributed by atoms with Gasteiger partial charge in [-0.2, -0.15) is 0 Å². The summed E-state index contributed by atoms with van der Waals surface area (Å²) in [6.07, 6.45) is 27.8. The van der Waals surface area contributed by atoms with E-state index in [1.54, 1.807) is 0 Å². The molecule has 0 fully saturated rings. The highest BCUT2D eigenvalue weighted by Gasteiger charge is 2.43. The Morgan fingerprint density at radius 1 is 0.780 bits per heavy atom. The van der Waals surface area contributed by atoms with E-state index in [2.05, 4.69) is 102 Å². The monoisotopic (exact) mass is 673 g/mol. The number of nitrogens with zero attached hydrogens (tertiary/aromatic N) is 2. The van der Waals surface area contributed by atoms with Gasteiger partial charge in [0.2, 0.25) is 0 Å². The number of hydrogen-bond donors (Lipinski definition) is 2. The van der Waals surface area contributed by atoms with Crippen LogP contribution in [0.5, 0.6) is 0 Å². The van der Waals surface area contributed by atoms with Gasteiger partial charge in [0.1, 0.15) is 0 Å². The molecule has 5 rings (SSSR count). The van der Waals surface area contributed by atoms with Crippen molar-refractivity contribution in [2.45, 2.75) is 105 Å². The summed E-state index contributed by atoms with van der Waals surface area (Å²) in [6.45, 7) is 17.9. The second-order valence-electron chi connectivity index (χ2n) is 14.3. The molecule has 0 radical (unpaired) electrons. The SMILES string of the molecule is [2H]C1C(C(C)OC/C=C(\C)CCC=C(C)C)=C2/C=C3/C=CC(=N3)/C=c3/cc/c([nH]3)=C/C3=NC(=C\C1(C(C)OC/C=C(\C)CCC=C(C)C)N2)/C=C3. The number of nitrogens with one attached hydrogen (secondary N) is 2. The van der Waals surface area contributed by atoms with Gasteiger partial charge in [0.25, 0.3) is 0 Å². The molecule has 4 unspecified atom stereocenters. The number of aromatic amines is 1. The van der Waals surface area contributed by atoms with E-state index in [0.717, 1.165) is 70.5 Å².